The fourth-order valence-electron chi connectivity index (χ4n) is 2.42. The number of benzene rings is 1. The van der Waals surface area contributed by atoms with Crippen LogP contribution in [0.3, 0.4) is 0 Å². The third kappa shape index (κ3) is 2.53. The summed E-state index contributed by atoms with van der Waals surface area (Å²) in [6.07, 6.45) is 4.75. The van der Waals surface area contributed by atoms with E-state index in [1.807, 2.05) is 6.07 Å². The molecule has 0 bridgehead atoms. The molecule has 0 heterocycles. The molecule has 1 aliphatic rings. The second-order valence-electron chi connectivity index (χ2n) is 4.65. The molecule has 0 saturated heterocycles. The van der Waals surface area contributed by atoms with E-state index in [0.717, 1.165) is 11.4 Å². The Balaban J connectivity index is 2.10. The van der Waals surface area contributed by atoms with Gasteiger partial charge in [0.05, 0.1) is 0 Å². The van der Waals surface area contributed by atoms with Crippen molar-refractivity contribution in [3.63, 3.8) is 0 Å². The van der Waals surface area contributed by atoms with Crippen molar-refractivity contribution in [2.45, 2.75) is 38.6 Å². The fraction of sp³-hybridized carbons (Fsp3) is 0.538. The third-order valence-electron chi connectivity index (χ3n) is 3.41. The summed E-state index contributed by atoms with van der Waals surface area (Å²) in [7, 11) is 0. The topological polar surface area (TPSA) is 26.0 Å². The monoisotopic (exact) mass is 223 g/mol. The second-order valence-corrected chi connectivity index (χ2v) is 5.06. The molecule has 82 valence electrons. The molecule has 0 amide bonds. The van der Waals surface area contributed by atoms with Gasteiger partial charge in [-0.1, -0.05) is 30.2 Å². The predicted octanol–water partition coefficient (Wildman–Crippen LogP) is 3.32. The predicted molar refractivity (Wildman–Crippen MR) is 65.2 cm³/mol. The quantitative estimate of drug-likeness (QED) is 0.818. The number of hydrogen-bond donors (Lipinski definition) is 1. The van der Waals surface area contributed by atoms with Gasteiger partial charge in [-0.25, -0.2) is 0 Å². The largest absolute Gasteiger partial charge is 0.327 e. The maximum absolute atomic E-state index is 6.21. The van der Waals surface area contributed by atoms with Gasteiger partial charge in [0.1, 0.15) is 0 Å². The van der Waals surface area contributed by atoms with E-state index < -0.39 is 0 Å². The van der Waals surface area contributed by atoms with Gasteiger partial charge in [-0.05, 0) is 49.3 Å². The fourth-order valence-corrected chi connectivity index (χ4v) is 2.73. The van der Waals surface area contributed by atoms with Crippen LogP contribution in [0.1, 0.15) is 30.4 Å². The van der Waals surface area contributed by atoms with Crippen molar-refractivity contribution in [1.29, 1.82) is 0 Å². The summed E-state index contributed by atoms with van der Waals surface area (Å²) in [5, 5.41) is 0.897. The van der Waals surface area contributed by atoms with E-state index in [1.54, 1.807) is 0 Å². The van der Waals surface area contributed by atoms with Gasteiger partial charge in [0, 0.05) is 11.1 Å². The first kappa shape index (κ1) is 11.0. The Morgan fingerprint density at radius 3 is 2.80 bits per heavy atom. The van der Waals surface area contributed by atoms with E-state index in [2.05, 4.69) is 19.1 Å². The first-order valence-corrected chi connectivity index (χ1v) is 6.05. The highest BCUT2D eigenvalue weighted by molar-refractivity contribution is 6.31. The van der Waals surface area contributed by atoms with E-state index in [0.29, 0.717) is 12.0 Å². The summed E-state index contributed by atoms with van der Waals surface area (Å²) in [5.74, 6) is 0.630. The molecule has 2 rings (SSSR count). The lowest BCUT2D eigenvalue weighted by Gasteiger charge is -2.16. The molecule has 2 N–H and O–H groups in total. The summed E-state index contributed by atoms with van der Waals surface area (Å²) in [6, 6.07) is 6.68. The summed E-state index contributed by atoms with van der Waals surface area (Å²) in [5.41, 5.74) is 8.54. The zero-order valence-electron chi connectivity index (χ0n) is 9.17. The molecule has 2 atom stereocenters. The highest BCUT2D eigenvalue weighted by Crippen LogP contribution is 2.29. The molecular weight excluding hydrogens is 206 g/mol. The molecule has 1 fully saturated rings. The Bertz CT molecular complexity index is 348. The van der Waals surface area contributed by atoms with E-state index in [4.69, 9.17) is 17.3 Å². The van der Waals surface area contributed by atoms with Crippen LogP contribution in [0.4, 0.5) is 0 Å². The molecule has 0 aromatic heterocycles. The van der Waals surface area contributed by atoms with Crippen molar-refractivity contribution >= 4 is 11.6 Å². The Morgan fingerprint density at radius 2 is 2.20 bits per heavy atom. The number of hydrogen-bond acceptors (Lipinski definition) is 1. The first-order chi connectivity index (χ1) is 7.16. The van der Waals surface area contributed by atoms with Crippen molar-refractivity contribution in [2.75, 3.05) is 0 Å². The van der Waals surface area contributed by atoms with Crippen molar-refractivity contribution in [3.05, 3.63) is 34.3 Å². The van der Waals surface area contributed by atoms with Crippen LogP contribution >= 0.6 is 11.6 Å². The van der Waals surface area contributed by atoms with Crippen LogP contribution in [0.5, 0.6) is 0 Å². The van der Waals surface area contributed by atoms with Crippen molar-refractivity contribution in [2.24, 2.45) is 11.7 Å². The molecule has 0 aliphatic heterocycles. The Hall–Kier alpha value is -0.530. The molecular formula is C13H18ClN. The minimum absolute atomic E-state index is 0.377. The molecule has 0 radical (unpaired) electrons. The summed E-state index contributed by atoms with van der Waals surface area (Å²) >= 11 is 6.21. The smallest absolute Gasteiger partial charge is 0.0440 e. The Kier molecular flexibility index (Phi) is 3.32. The second kappa shape index (κ2) is 4.54. The van der Waals surface area contributed by atoms with Gasteiger partial charge in [-0.15, -0.1) is 0 Å². The molecule has 2 unspecified atom stereocenters. The molecule has 1 saturated carbocycles. The minimum atomic E-state index is 0.377. The van der Waals surface area contributed by atoms with Crippen LogP contribution in [0.2, 0.25) is 5.02 Å². The lowest BCUT2D eigenvalue weighted by atomic mass is 9.94. The van der Waals surface area contributed by atoms with Gasteiger partial charge in [0.25, 0.3) is 0 Å². The number of nitrogens with two attached hydrogens (primary N) is 1. The van der Waals surface area contributed by atoms with E-state index >= 15 is 0 Å². The van der Waals surface area contributed by atoms with Gasteiger partial charge in [0.2, 0.25) is 0 Å². The average Bonchev–Trinajstić information content (AvgIpc) is 2.57. The summed E-state index contributed by atoms with van der Waals surface area (Å²) in [6.45, 7) is 2.07. The lowest BCUT2D eigenvalue weighted by Crippen LogP contribution is -2.25. The van der Waals surface area contributed by atoms with E-state index in [9.17, 15) is 0 Å². The van der Waals surface area contributed by atoms with Crippen molar-refractivity contribution in [3.8, 4) is 0 Å². The molecule has 0 spiro atoms. The molecule has 2 heteroatoms. The van der Waals surface area contributed by atoms with Crippen LogP contribution in [-0.2, 0) is 6.42 Å². The van der Waals surface area contributed by atoms with Crippen LogP contribution < -0.4 is 5.73 Å². The minimum Gasteiger partial charge on any atom is -0.327 e. The van der Waals surface area contributed by atoms with Gasteiger partial charge in [-0.2, -0.15) is 0 Å². The third-order valence-corrected chi connectivity index (χ3v) is 3.76. The Morgan fingerprint density at radius 1 is 1.40 bits per heavy atom. The van der Waals surface area contributed by atoms with Gasteiger partial charge < -0.3 is 5.73 Å². The van der Waals surface area contributed by atoms with Crippen molar-refractivity contribution < 1.29 is 0 Å². The summed E-state index contributed by atoms with van der Waals surface area (Å²) < 4.78 is 0. The normalized spacial score (nSPS) is 25.8. The van der Waals surface area contributed by atoms with E-state index in [-0.39, 0.29) is 0 Å². The maximum atomic E-state index is 6.21. The Labute approximate surface area is 96.6 Å². The van der Waals surface area contributed by atoms with Crippen LogP contribution in [0, 0.1) is 12.8 Å². The molecule has 1 aromatic rings. The highest BCUT2D eigenvalue weighted by Gasteiger charge is 2.24. The molecule has 1 aromatic carbocycles. The number of rotatable bonds is 2. The maximum Gasteiger partial charge on any atom is 0.0440 e. The zero-order valence-corrected chi connectivity index (χ0v) is 9.93. The zero-order chi connectivity index (χ0) is 10.8. The van der Waals surface area contributed by atoms with Crippen LogP contribution in [-0.4, -0.2) is 6.04 Å². The van der Waals surface area contributed by atoms with Crippen LogP contribution in [0.25, 0.3) is 0 Å². The summed E-state index contributed by atoms with van der Waals surface area (Å²) in [4.78, 5) is 0. The van der Waals surface area contributed by atoms with Gasteiger partial charge in [0.15, 0.2) is 0 Å². The molecule has 15 heavy (non-hydrogen) atoms. The molecule has 1 aliphatic carbocycles. The average molecular weight is 224 g/mol. The lowest BCUT2D eigenvalue weighted by molar-refractivity contribution is 0.479. The SMILES string of the molecule is Cc1ccc(CC2CCCC2N)c(Cl)c1. The standard InChI is InChI=1S/C13H18ClN/c1-9-5-6-10(12(14)7-9)8-11-3-2-4-13(11)15/h5-7,11,13H,2-4,8,15H2,1H3. The molecule has 1 nitrogen and oxygen atoms in total. The first-order valence-electron chi connectivity index (χ1n) is 5.67. The van der Waals surface area contributed by atoms with E-state index in [1.165, 1.54) is 30.4 Å². The van der Waals surface area contributed by atoms with Crippen molar-refractivity contribution in [1.82, 2.24) is 0 Å². The number of halogens is 1. The van der Waals surface area contributed by atoms with Gasteiger partial charge >= 0.3 is 0 Å². The highest BCUT2D eigenvalue weighted by atomic mass is 35.5. The van der Waals surface area contributed by atoms with Gasteiger partial charge in [-0.3, -0.25) is 0 Å². The number of aryl methyl sites for hydroxylation is 1. The van der Waals surface area contributed by atoms with Crippen LogP contribution in [0.15, 0.2) is 18.2 Å².